The Morgan fingerprint density at radius 3 is 2.05 bits per heavy atom. The van der Waals surface area contributed by atoms with Crippen LogP contribution in [0.4, 0.5) is 4.39 Å². The summed E-state index contributed by atoms with van der Waals surface area (Å²) < 4.78 is 19.9. The Morgan fingerprint density at radius 1 is 0.821 bits per heavy atom. The van der Waals surface area contributed by atoms with E-state index < -0.39 is 23.5 Å². The Hall–Kier alpha value is -3.79. The standard InChI is InChI=1S/C29H33FN4O5/c1-20-5-3-4-6-24(20)27(37)32-13-11-29(12-14-32)34(26(36)22-7-9-23(30)10-8-22)25(19-39-29)28(38)33-17-15-31(16-18-33)21(2)35/h3-10,25H,11-19H2,1-2H3. The first-order valence-corrected chi connectivity index (χ1v) is 13.3. The van der Waals surface area contributed by atoms with Gasteiger partial charge >= 0.3 is 0 Å². The van der Waals surface area contributed by atoms with E-state index in [9.17, 15) is 23.6 Å². The van der Waals surface area contributed by atoms with E-state index in [1.54, 1.807) is 20.8 Å². The number of amides is 4. The molecule has 206 valence electrons. The number of piperidine rings is 1. The summed E-state index contributed by atoms with van der Waals surface area (Å²) >= 11 is 0. The molecule has 0 N–H and O–H groups in total. The second-order valence-electron chi connectivity index (χ2n) is 10.4. The lowest BCUT2D eigenvalue weighted by molar-refractivity contribution is -0.142. The number of halogens is 1. The van der Waals surface area contributed by atoms with Gasteiger partial charge in [-0.05, 0) is 42.8 Å². The van der Waals surface area contributed by atoms with Crippen molar-refractivity contribution in [2.75, 3.05) is 45.9 Å². The number of carbonyl (C=O) groups is 4. The highest BCUT2D eigenvalue weighted by atomic mass is 19.1. The molecule has 2 aromatic rings. The summed E-state index contributed by atoms with van der Waals surface area (Å²) in [6.45, 7) is 5.77. The van der Waals surface area contributed by atoms with E-state index in [0.717, 1.165) is 5.56 Å². The third-order valence-corrected chi connectivity index (χ3v) is 8.10. The summed E-state index contributed by atoms with van der Waals surface area (Å²) in [5.41, 5.74) is 0.732. The summed E-state index contributed by atoms with van der Waals surface area (Å²) in [6, 6.07) is 11.8. The minimum absolute atomic E-state index is 0.0322. The monoisotopic (exact) mass is 536 g/mol. The number of rotatable bonds is 3. The van der Waals surface area contributed by atoms with Gasteiger partial charge in [-0.25, -0.2) is 4.39 Å². The summed E-state index contributed by atoms with van der Waals surface area (Å²) in [6.07, 6.45) is 0.693. The van der Waals surface area contributed by atoms with E-state index in [0.29, 0.717) is 57.7 Å². The van der Waals surface area contributed by atoms with Crippen molar-refractivity contribution in [1.29, 1.82) is 0 Å². The summed E-state index contributed by atoms with van der Waals surface area (Å²) in [5, 5.41) is 0. The molecule has 0 bridgehead atoms. The average Bonchev–Trinajstić information content (AvgIpc) is 3.31. The second-order valence-corrected chi connectivity index (χ2v) is 10.4. The molecule has 3 heterocycles. The van der Waals surface area contributed by atoms with Crippen molar-refractivity contribution in [1.82, 2.24) is 19.6 Å². The van der Waals surface area contributed by atoms with Crippen LogP contribution in [0.25, 0.3) is 0 Å². The Bertz CT molecular complexity index is 1270. The molecule has 0 saturated carbocycles. The molecule has 9 nitrogen and oxygen atoms in total. The molecule has 3 aliphatic heterocycles. The van der Waals surface area contributed by atoms with Gasteiger partial charge in [0.2, 0.25) is 11.8 Å². The van der Waals surface area contributed by atoms with Crippen LogP contribution in [-0.4, -0.2) is 101 Å². The van der Waals surface area contributed by atoms with Crippen LogP contribution in [0.3, 0.4) is 0 Å². The fourth-order valence-electron chi connectivity index (χ4n) is 5.78. The molecule has 0 aromatic heterocycles. The van der Waals surface area contributed by atoms with E-state index in [2.05, 4.69) is 0 Å². The first kappa shape index (κ1) is 26.8. The lowest BCUT2D eigenvalue weighted by Crippen LogP contribution is -2.61. The molecule has 1 unspecified atom stereocenters. The Labute approximate surface area is 227 Å². The molecular formula is C29H33FN4O5. The maximum atomic E-state index is 13.9. The highest BCUT2D eigenvalue weighted by molar-refractivity contribution is 5.99. The van der Waals surface area contributed by atoms with Crippen molar-refractivity contribution in [3.63, 3.8) is 0 Å². The zero-order chi connectivity index (χ0) is 27.7. The SMILES string of the molecule is CC(=O)N1CCN(C(=O)C2COC3(CCN(C(=O)c4ccccc4C)CC3)N2C(=O)c2ccc(F)cc2)CC1. The van der Waals surface area contributed by atoms with Crippen molar-refractivity contribution in [3.8, 4) is 0 Å². The molecule has 5 rings (SSSR count). The van der Waals surface area contributed by atoms with Crippen LogP contribution in [-0.2, 0) is 14.3 Å². The largest absolute Gasteiger partial charge is 0.353 e. The molecule has 0 radical (unpaired) electrons. The van der Waals surface area contributed by atoms with E-state index in [1.807, 2.05) is 25.1 Å². The Balaban J connectivity index is 1.38. The molecule has 4 amide bonds. The fourth-order valence-corrected chi connectivity index (χ4v) is 5.78. The first-order valence-electron chi connectivity index (χ1n) is 13.3. The number of ether oxygens (including phenoxy) is 1. The van der Waals surface area contributed by atoms with Crippen LogP contribution in [0.1, 0.15) is 46.0 Å². The Kier molecular flexibility index (Phi) is 7.40. The van der Waals surface area contributed by atoms with Gasteiger partial charge in [0.1, 0.15) is 17.6 Å². The molecule has 3 saturated heterocycles. The van der Waals surface area contributed by atoms with Crippen LogP contribution in [0, 0.1) is 12.7 Å². The normalized spacial score (nSPS) is 20.8. The fraction of sp³-hybridized carbons (Fsp3) is 0.448. The van der Waals surface area contributed by atoms with E-state index in [-0.39, 0.29) is 29.9 Å². The smallest absolute Gasteiger partial charge is 0.256 e. The molecule has 3 aliphatic rings. The predicted octanol–water partition coefficient (Wildman–Crippen LogP) is 2.30. The number of nitrogens with zero attached hydrogens (tertiary/aromatic N) is 4. The van der Waals surface area contributed by atoms with Crippen LogP contribution in [0.2, 0.25) is 0 Å². The van der Waals surface area contributed by atoms with Crippen LogP contribution in [0.5, 0.6) is 0 Å². The number of hydrogen-bond acceptors (Lipinski definition) is 5. The third-order valence-electron chi connectivity index (χ3n) is 8.10. The van der Waals surface area contributed by atoms with Gasteiger partial charge < -0.3 is 19.4 Å². The number of benzene rings is 2. The molecule has 1 spiro atoms. The Morgan fingerprint density at radius 2 is 1.44 bits per heavy atom. The van der Waals surface area contributed by atoms with Crippen molar-refractivity contribution in [3.05, 3.63) is 71.0 Å². The van der Waals surface area contributed by atoms with Crippen molar-refractivity contribution in [2.24, 2.45) is 0 Å². The number of likely N-dealkylation sites (tertiary alicyclic amines) is 1. The van der Waals surface area contributed by atoms with Gasteiger partial charge in [-0.2, -0.15) is 0 Å². The second kappa shape index (κ2) is 10.8. The molecule has 0 aliphatic carbocycles. The van der Waals surface area contributed by atoms with Gasteiger partial charge in [0, 0.05) is 70.2 Å². The van der Waals surface area contributed by atoms with Gasteiger partial charge in [0.15, 0.2) is 0 Å². The van der Waals surface area contributed by atoms with Crippen molar-refractivity contribution >= 4 is 23.6 Å². The molecular weight excluding hydrogens is 503 g/mol. The maximum absolute atomic E-state index is 13.9. The highest BCUT2D eigenvalue weighted by Crippen LogP contribution is 2.39. The molecule has 1 atom stereocenters. The van der Waals surface area contributed by atoms with Gasteiger partial charge in [-0.3, -0.25) is 24.1 Å². The number of aryl methyl sites for hydroxylation is 1. The van der Waals surface area contributed by atoms with E-state index >= 15 is 0 Å². The van der Waals surface area contributed by atoms with Gasteiger partial charge in [0.05, 0.1) is 6.61 Å². The summed E-state index contributed by atoms with van der Waals surface area (Å²) in [4.78, 5) is 59.2. The van der Waals surface area contributed by atoms with Crippen LogP contribution >= 0.6 is 0 Å². The summed E-state index contributed by atoms with van der Waals surface area (Å²) in [5.74, 6) is -1.22. The van der Waals surface area contributed by atoms with Crippen LogP contribution in [0.15, 0.2) is 48.5 Å². The predicted molar refractivity (Wildman–Crippen MR) is 140 cm³/mol. The molecule has 10 heteroatoms. The minimum atomic E-state index is -1.06. The quantitative estimate of drug-likeness (QED) is 0.601. The highest BCUT2D eigenvalue weighted by Gasteiger charge is 2.55. The van der Waals surface area contributed by atoms with Crippen LogP contribution < -0.4 is 0 Å². The van der Waals surface area contributed by atoms with Gasteiger partial charge in [0.25, 0.3) is 11.8 Å². The first-order chi connectivity index (χ1) is 18.7. The van der Waals surface area contributed by atoms with Crippen molar-refractivity contribution in [2.45, 2.75) is 38.5 Å². The van der Waals surface area contributed by atoms with Gasteiger partial charge in [-0.15, -0.1) is 0 Å². The third kappa shape index (κ3) is 5.13. The zero-order valence-electron chi connectivity index (χ0n) is 22.3. The topological polar surface area (TPSA) is 90.5 Å². The maximum Gasteiger partial charge on any atom is 0.256 e. The van der Waals surface area contributed by atoms with Crippen molar-refractivity contribution < 1.29 is 28.3 Å². The number of hydrogen-bond donors (Lipinski definition) is 0. The molecule has 2 aromatic carbocycles. The molecule has 39 heavy (non-hydrogen) atoms. The summed E-state index contributed by atoms with van der Waals surface area (Å²) in [7, 11) is 0. The zero-order valence-corrected chi connectivity index (χ0v) is 22.3. The minimum Gasteiger partial charge on any atom is -0.353 e. The number of piperazine rings is 1. The van der Waals surface area contributed by atoms with E-state index in [1.165, 1.54) is 36.1 Å². The average molecular weight is 537 g/mol. The lowest BCUT2D eigenvalue weighted by atomic mass is 9.95. The lowest BCUT2D eigenvalue weighted by Gasteiger charge is -2.45. The number of carbonyl (C=O) groups excluding carboxylic acids is 4. The molecule has 3 fully saturated rings. The van der Waals surface area contributed by atoms with Gasteiger partial charge in [-0.1, -0.05) is 18.2 Å². The van der Waals surface area contributed by atoms with E-state index in [4.69, 9.17) is 4.74 Å².